The number of anilines is 1. The highest BCUT2D eigenvalue weighted by Gasteiger charge is 2.23. The van der Waals surface area contributed by atoms with E-state index in [-0.39, 0.29) is 24.8 Å². The molecule has 4 rings (SSSR count). The van der Waals surface area contributed by atoms with Crippen LogP contribution in [0.4, 0.5) is 5.95 Å². The maximum atomic E-state index is 5.50. The molecule has 0 aliphatic carbocycles. The van der Waals surface area contributed by atoms with Crippen LogP contribution in [0, 0.1) is 5.92 Å². The van der Waals surface area contributed by atoms with Crippen molar-refractivity contribution in [3.05, 3.63) is 47.5 Å². The van der Waals surface area contributed by atoms with Crippen LogP contribution in [0.15, 0.2) is 30.9 Å². The van der Waals surface area contributed by atoms with Gasteiger partial charge in [-0.05, 0) is 41.5 Å². The van der Waals surface area contributed by atoms with E-state index in [2.05, 4.69) is 25.2 Å². The second-order valence-corrected chi connectivity index (χ2v) is 6.58. The van der Waals surface area contributed by atoms with E-state index in [0.29, 0.717) is 11.9 Å². The van der Waals surface area contributed by atoms with Crippen LogP contribution in [0.25, 0.3) is 0 Å². The minimum atomic E-state index is 0. The molecule has 1 saturated heterocycles. The maximum absolute atomic E-state index is 5.50. The Labute approximate surface area is 166 Å². The Balaban J connectivity index is 0.00000121. The van der Waals surface area contributed by atoms with Crippen molar-refractivity contribution in [3.8, 4) is 0 Å². The summed E-state index contributed by atoms with van der Waals surface area (Å²) in [6.07, 6.45) is 9.77. The van der Waals surface area contributed by atoms with Crippen molar-refractivity contribution in [2.75, 3.05) is 31.6 Å². The smallest absolute Gasteiger partial charge is 0.222 e. The Morgan fingerprint density at radius 1 is 1.19 bits per heavy atom. The van der Waals surface area contributed by atoms with Gasteiger partial charge in [-0.3, -0.25) is 9.88 Å². The van der Waals surface area contributed by atoms with Crippen molar-refractivity contribution in [2.24, 2.45) is 5.92 Å². The molecule has 1 atom stereocenters. The average Bonchev–Trinajstić information content (AvgIpc) is 3.13. The van der Waals surface area contributed by atoms with E-state index in [1.807, 2.05) is 18.5 Å². The Morgan fingerprint density at radius 2 is 2.04 bits per heavy atom. The molecule has 1 fully saturated rings. The predicted octanol–water partition coefficient (Wildman–Crippen LogP) is 2.72. The second-order valence-electron chi connectivity index (χ2n) is 6.58. The molecule has 0 spiro atoms. The first kappa shape index (κ1) is 20.8. The van der Waals surface area contributed by atoms with Crippen LogP contribution in [0.5, 0.6) is 0 Å². The lowest BCUT2D eigenvalue weighted by Crippen LogP contribution is -2.35. The largest absolute Gasteiger partial charge is 0.381 e. The number of fused-ring (bicyclic) bond motifs is 1. The molecule has 0 bridgehead atoms. The molecule has 0 amide bonds. The Hall–Kier alpha value is -1.47. The quantitative estimate of drug-likeness (QED) is 0.836. The van der Waals surface area contributed by atoms with Crippen LogP contribution < -0.4 is 5.32 Å². The highest BCUT2D eigenvalue weighted by Crippen LogP contribution is 2.24. The normalized spacial score (nSPS) is 19.2. The SMILES string of the molecule is Cl.Cl.c1cnc(NCc2cncc3c2CCN(CC2CCOC2)C3)nc1. The second kappa shape index (κ2) is 10.0. The standard InChI is InChI=1S/C18H23N5O.2ClH/c1-4-20-18(21-5-1)22-10-15-8-19-9-16-12-23(6-2-17(15)16)11-14-3-7-24-13-14;;/h1,4-5,8-9,14H,2-3,6-7,10-13H2,(H,20,21,22);2*1H. The van der Waals surface area contributed by atoms with E-state index >= 15 is 0 Å². The van der Waals surface area contributed by atoms with Gasteiger partial charge < -0.3 is 10.1 Å². The summed E-state index contributed by atoms with van der Waals surface area (Å²) in [5, 5.41) is 3.29. The molecule has 2 aliphatic rings. The molecular weight excluding hydrogens is 373 g/mol. The molecular formula is C18H25Cl2N5O. The molecule has 0 saturated carbocycles. The zero-order valence-electron chi connectivity index (χ0n) is 14.6. The van der Waals surface area contributed by atoms with E-state index in [4.69, 9.17) is 4.74 Å². The van der Waals surface area contributed by atoms with Crippen LogP contribution in [0.1, 0.15) is 23.1 Å². The van der Waals surface area contributed by atoms with Crippen molar-refractivity contribution in [3.63, 3.8) is 0 Å². The first-order chi connectivity index (χ1) is 11.9. The molecule has 6 nitrogen and oxygen atoms in total. The van der Waals surface area contributed by atoms with Gasteiger partial charge in [0.2, 0.25) is 5.95 Å². The summed E-state index contributed by atoms with van der Waals surface area (Å²) in [5.74, 6) is 1.35. The number of nitrogens with one attached hydrogen (secondary N) is 1. The van der Waals surface area contributed by atoms with Crippen LogP contribution in [0.2, 0.25) is 0 Å². The number of nitrogens with zero attached hydrogens (tertiary/aromatic N) is 4. The van der Waals surface area contributed by atoms with Gasteiger partial charge in [0.25, 0.3) is 0 Å². The Kier molecular flexibility index (Phi) is 8.03. The first-order valence-corrected chi connectivity index (χ1v) is 8.64. The van der Waals surface area contributed by atoms with Gasteiger partial charge in [0.1, 0.15) is 0 Å². The maximum Gasteiger partial charge on any atom is 0.222 e. The third-order valence-electron chi connectivity index (χ3n) is 4.85. The van der Waals surface area contributed by atoms with Crippen LogP contribution in [0.3, 0.4) is 0 Å². The fraction of sp³-hybridized carbons (Fsp3) is 0.500. The van der Waals surface area contributed by atoms with E-state index in [1.54, 1.807) is 12.4 Å². The summed E-state index contributed by atoms with van der Waals surface area (Å²) >= 11 is 0. The summed E-state index contributed by atoms with van der Waals surface area (Å²) in [5.41, 5.74) is 4.05. The third kappa shape index (κ3) is 5.04. The van der Waals surface area contributed by atoms with Gasteiger partial charge in [0.15, 0.2) is 0 Å². The van der Waals surface area contributed by atoms with Gasteiger partial charge in [-0.1, -0.05) is 0 Å². The number of halogens is 2. The minimum absolute atomic E-state index is 0. The molecule has 2 aromatic heterocycles. The predicted molar refractivity (Wildman–Crippen MR) is 106 cm³/mol. The number of aromatic nitrogens is 3. The number of ether oxygens (including phenoxy) is 1. The number of pyridine rings is 1. The van der Waals surface area contributed by atoms with Crippen LogP contribution in [-0.2, 0) is 24.2 Å². The summed E-state index contributed by atoms with van der Waals surface area (Å²) in [6.45, 7) is 5.81. The monoisotopic (exact) mass is 397 g/mol. The molecule has 0 radical (unpaired) electrons. The molecule has 8 heteroatoms. The molecule has 1 unspecified atom stereocenters. The minimum Gasteiger partial charge on any atom is -0.381 e. The van der Waals surface area contributed by atoms with Gasteiger partial charge >= 0.3 is 0 Å². The van der Waals surface area contributed by atoms with E-state index in [1.165, 1.54) is 23.1 Å². The number of rotatable bonds is 5. The van der Waals surface area contributed by atoms with Gasteiger partial charge in [0, 0.05) is 57.6 Å². The van der Waals surface area contributed by atoms with E-state index in [9.17, 15) is 0 Å². The Bertz CT molecular complexity index is 683. The molecule has 26 heavy (non-hydrogen) atoms. The van der Waals surface area contributed by atoms with Crippen LogP contribution in [-0.4, -0.2) is 46.2 Å². The Morgan fingerprint density at radius 3 is 2.81 bits per heavy atom. The van der Waals surface area contributed by atoms with E-state index in [0.717, 1.165) is 45.8 Å². The van der Waals surface area contributed by atoms with Crippen molar-refractivity contribution in [1.29, 1.82) is 0 Å². The molecule has 142 valence electrons. The van der Waals surface area contributed by atoms with Gasteiger partial charge in [0.05, 0.1) is 6.61 Å². The molecule has 4 heterocycles. The summed E-state index contributed by atoms with van der Waals surface area (Å²) in [4.78, 5) is 15.4. The molecule has 0 aromatic carbocycles. The van der Waals surface area contributed by atoms with Crippen molar-refractivity contribution < 1.29 is 4.74 Å². The van der Waals surface area contributed by atoms with Crippen LogP contribution >= 0.6 is 24.8 Å². The lowest BCUT2D eigenvalue weighted by atomic mass is 9.96. The van der Waals surface area contributed by atoms with E-state index < -0.39 is 0 Å². The topological polar surface area (TPSA) is 63.2 Å². The number of hydrogen-bond acceptors (Lipinski definition) is 6. The highest BCUT2D eigenvalue weighted by atomic mass is 35.5. The van der Waals surface area contributed by atoms with Crippen molar-refractivity contribution in [2.45, 2.75) is 25.9 Å². The lowest BCUT2D eigenvalue weighted by Gasteiger charge is -2.31. The fourth-order valence-corrected chi connectivity index (χ4v) is 3.59. The zero-order chi connectivity index (χ0) is 16.2. The number of hydrogen-bond donors (Lipinski definition) is 1. The lowest BCUT2D eigenvalue weighted by molar-refractivity contribution is 0.162. The first-order valence-electron chi connectivity index (χ1n) is 8.64. The van der Waals surface area contributed by atoms with Gasteiger partial charge in [-0.15, -0.1) is 24.8 Å². The summed E-state index contributed by atoms with van der Waals surface area (Å²) < 4.78 is 5.50. The summed E-state index contributed by atoms with van der Waals surface area (Å²) in [7, 11) is 0. The molecule has 2 aliphatic heterocycles. The van der Waals surface area contributed by atoms with Gasteiger partial charge in [-0.2, -0.15) is 0 Å². The highest BCUT2D eigenvalue weighted by molar-refractivity contribution is 5.85. The summed E-state index contributed by atoms with van der Waals surface area (Å²) in [6, 6.07) is 1.82. The van der Waals surface area contributed by atoms with Gasteiger partial charge in [-0.25, -0.2) is 9.97 Å². The third-order valence-corrected chi connectivity index (χ3v) is 4.85. The van der Waals surface area contributed by atoms with Crippen molar-refractivity contribution in [1.82, 2.24) is 19.9 Å². The fourth-order valence-electron chi connectivity index (χ4n) is 3.59. The molecule has 1 N–H and O–H groups in total. The molecule has 2 aromatic rings. The van der Waals surface area contributed by atoms with Crippen molar-refractivity contribution >= 4 is 30.8 Å². The zero-order valence-corrected chi connectivity index (χ0v) is 16.3. The average molecular weight is 398 g/mol.